The molecule has 1 N–H and O–H groups in total. The molecule has 4 aliphatic rings. The van der Waals surface area contributed by atoms with Gasteiger partial charge in [0.15, 0.2) is 10.9 Å². The van der Waals surface area contributed by atoms with E-state index in [0.717, 1.165) is 44.3 Å². The molecule has 0 aromatic carbocycles. The molecule has 0 amide bonds. The van der Waals surface area contributed by atoms with Crippen molar-refractivity contribution in [3.8, 4) is 0 Å². The Morgan fingerprint density at radius 1 is 1.03 bits per heavy atom. The van der Waals surface area contributed by atoms with Crippen LogP contribution in [-0.2, 0) is 9.59 Å². The number of carbonyl (C=O) groups excluding carboxylic acids is 2. The summed E-state index contributed by atoms with van der Waals surface area (Å²) in [5.74, 6) is 3.95. The lowest BCUT2D eigenvalue weighted by atomic mass is 9.44. The van der Waals surface area contributed by atoms with E-state index >= 15 is 0 Å². The van der Waals surface area contributed by atoms with Crippen molar-refractivity contribution in [1.82, 2.24) is 0 Å². The second kappa shape index (κ2) is 9.80. The molecule has 33 heavy (non-hydrogen) atoms. The molecule has 0 saturated heterocycles. The summed E-state index contributed by atoms with van der Waals surface area (Å²) in [5.41, 5.74) is 1.16. The van der Waals surface area contributed by atoms with Crippen molar-refractivity contribution < 1.29 is 14.7 Å². The lowest BCUT2D eigenvalue weighted by Crippen LogP contribution is -2.56. The van der Waals surface area contributed by atoms with Crippen molar-refractivity contribution in [2.45, 2.75) is 117 Å². The molecular formula is C29H46O3S. The molecule has 4 heteroatoms. The van der Waals surface area contributed by atoms with Crippen LogP contribution in [0.2, 0.25) is 0 Å². The number of carbonyl (C=O) groups is 2. The van der Waals surface area contributed by atoms with E-state index in [4.69, 9.17) is 0 Å². The number of aliphatic hydroxyl groups is 1. The first-order valence-electron chi connectivity index (χ1n) is 13.7. The molecule has 0 aromatic heterocycles. The third-order valence-corrected chi connectivity index (χ3v) is 11.6. The first-order chi connectivity index (χ1) is 15.6. The fraction of sp³-hybridized carbons (Fsp3) is 0.862. The molecule has 0 radical (unpaired) electrons. The summed E-state index contributed by atoms with van der Waals surface area (Å²) in [6, 6.07) is 0. The highest BCUT2D eigenvalue weighted by molar-refractivity contribution is 8.13. The van der Waals surface area contributed by atoms with Crippen LogP contribution in [0.15, 0.2) is 11.6 Å². The molecule has 3 saturated carbocycles. The summed E-state index contributed by atoms with van der Waals surface area (Å²) in [4.78, 5) is 23.4. The zero-order valence-corrected chi connectivity index (χ0v) is 22.3. The van der Waals surface area contributed by atoms with E-state index in [1.165, 1.54) is 62.3 Å². The van der Waals surface area contributed by atoms with Crippen LogP contribution in [0, 0.1) is 34.5 Å². The van der Waals surface area contributed by atoms with Gasteiger partial charge >= 0.3 is 0 Å². The predicted molar refractivity (Wildman–Crippen MR) is 137 cm³/mol. The number of unbranched alkanes of at least 4 members (excludes halogenated alkanes) is 4. The Bertz CT molecular complexity index is 786. The average Bonchev–Trinajstić information content (AvgIpc) is 2.99. The first kappa shape index (κ1) is 25.5. The van der Waals surface area contributed by atoms with Crippen LogP contribution in [0.4, 0.5) is 0 Å². The molecular weight excluding hydrogens is 428 g/mol. The van der Waals surface area contributed by atoms with Gasteiger partial charge in [0.2, 0.25) is 0 Å². The zero-order chi connectivity index (χ0) is 23.9. The molecule has 186 valence electrons. The minimum absolute atomic E-state index is 0.0445. The van der Waals surface area contributed by atoms with E-state index in [2.05, 4.69) is 20.8 Å². The van der Waals surface area contributed by atoms with Gasteiger partial charge in [0.25, 0.3) is 0 Å². The maximum atomic E-state index is 12.3. The summed E-state index contributed by atoms with van der Waals surface area (Å²) in [6.45, 7) is 8.60. The van der Waals surface area contributed by atoms with Gasteiger partial charge in [0, 0.05) is 19.1 Å². The second-order valence-electron chi connectivity index (χ2n) is 12.5. The van der Waals surface area contributed by atoms with Gasteiger partial charge in [-0.1, -0.05) is 56.9 Å². The molecule has 3 fully saturated rings. The Kier molecular flexibility index (Phi) is 7.57. The summed E-state index contributed by atoms with van der Waals surface area (Å²) in [5, 5.41) is 11.6. The molecule has 0 unspecified atom stereocenters. The molecule has 7 atom stereocenters. The van der Waals surface area contributed by atoms with Gasteiger partial charge in [-0.25, -0.2) is 0 Å². The highest BCUT2D eigenvalue weighted by Gasteiger charge is 2.64. The Morgan fingerprint density at radius 3 is 2.48 bits per heavy atom. The third kappa shape index (κ3) is 4.77. The number of allylic oxidation sites excluding steroid dienone is 1. The zero-order valence-electron chi connectivity index (χ0n) is 21.5. The number of ketones is 1. The first-order valence-corrected chi connectivity index (χ1v) is 14.7. The highest BCUT2D eigenvalue weighted by Crippen LogP contribution is 2.69. The van der Waals surface area contributed by atoms with Crippen LogP contribution < -0.4 is 0 Å². The molecule has 4 aliphatic carbocycles. The van der Waals surface area contributed by atoms with E-state index in [-0.39, 0.29) is 15.9 Å². The molecule has 0 spiro atoms. The van der Waals surface area contributed by atoms with Gasteiger partial charge in [0.05, 0.1) is 5.60 Å². The van der Waals surface area contributed by atoms with Gasteiger partial charge in [0.1, 0.15) is 0 Å². The molecule has 3 nitrogen and oxygen atoms in total. The lowest BCUT2D eigenvalue weighted by molar-refractivity contribution is -0.135. The van der Waals surface area contributed by atoms with Crippen LogP contribution in [0.1, 0.15) is 111 Å². The van der Waals surface area contributed by atoms with Crippen molar-refractivity contribution in [1.29, 1.82) is 0 Å². The van der Waals surface area contributed by atoms with Gasteiger partial charge in [-0.05, 0) is 98.9 Å². The smallest absolute Gasteiger partial charge is 0.185 e. The molecule has 0 bridgehead atoms. The third-order valence-electron chi connectivity index (χ3n) is 10.7. The molecule has 0 aromatic rings. The quantitative estimate of drug-likeness (QED) is 0.381. The Morgan fingerprint density at radius 2 is 1.73 bits per heavy atom. The summed E-state index contributed by atoms with van der Waals surface area (Å²) in [7, 11) is 0. The van der Waals surface area contributed by atoms with E-state index in [1.54, 1.807) is 6.92 Å². The Hall–Kier alpha value is -0.610. The van der Waals surface area contributed by atoms with Crippen LogP contribution in [0.3, 0.4) is 0 Å². The van der Waals surface area contributed by atoms with Crippen LogP contribution in [-0.4, -0.2) is 27.4 Å². The highest BCUT2D eigenvalue weighted by atomic mass is 32.2. The number of hydrogen-bond acceptors (Lipinski definition) is 4. The molecule has 0 aliphatic heterocycles. The van der Waals surface area contributed by atoms with E-state index in [1.807, 2.05) is 6.08 Å². The number of hydrogen-bond donors (Lipinski definition) is 1. The normalized spacial score (nSPS) is 42.3. The maximum Gasteiger partial charge on any atom is 0.185 e. The Labute approximate surface area is 205 Å². The molecule has 0 heterocycles. The van der Waals surface area contributed by atoms with Gasteiger partial charge < -0.3 is 5.11 Å². The van der Waals surface area contributed by atoms with Crippen molar-refractivity contribution in [3.05, 3.63) is 11.6 Å². The topological polar surface area (TPSA) is 54.4 Å². The standard InChI is InChI=1S/C29H46O3S/c1-20(30)33-17-9-7-5-6-8-10-21-18-22-19-23(31)11-14-27(22,2)24-12-15-28(3)25(26(21)24)13-16-29(28,4)32/h19,21,24-26,32H,5-18H2,1-4H3/t21-,24+,25+,26-,27+,28+,29+/m1/s1. The number of thioether (sulfide) groups is 1. The summed E-state index contributed by atoms with van der Waals surface area (Å²) >= 11 is 1.46. The number of fused-ring (bicyclic) bond motifs is 5. The van der Waals surface area contributed by atoms with Crippen LogP contribution in [0.25, 0.3) is 0 Å². The van der Waals surface area contributed by atoms with Crippen LogP contribution >= 0.6 is 11.8 Å². The Balaban J connectivity index is 1.45. The largest absolute Gasteiger partial charge is 0.390 e. The van der Waals surface area contributed by atoms with Crippen LogP contribution in [0.5, 0.6) is 0 Å². The molecule has 4 rings (SSSR count). The monoisotopic (exact) mass is 474 g/mol. The minimum atomic E-state index is -0.537. The van der Waals surface area contributed by atoms with Crippen molar-refractivity contribution in [2.75, 3.05) is 5.75 Å². The minimum Gasteiger partial charge on any atom is -0.390 e. The number of rotatable bonds is 8. The average molecular weight is 475 g/mol. The van der Waals surface area contributed by atoms with E-state index in [9.17, 15) is 14.7 Å². The lowest BCUT2D eigenvalue weighted by Gasteiger charge is -2.61. The fourth-order valence-electron chi connectivity index (χ4n) is 8.50. The SMILES string of the molecule is CC(=O)SCCCCCCC[C@@H]1CC2=CC(=O)CC[C@]2(C)[C@H]2CC[C@@]3(C)[C@@H](CC[C@]3(C)O)[C@H]12. The van der Waals surface area contributed by atoms with Gasteiger partial charge in [-0.15, -0.1) is 0 Å². The summed E-state index contributed by atoms with van der Waals surface area (Å²) in [6.07, 6.45) is 16.8. The maximum absolute atomic E-state index is 12.3. The van der Waals surface area contributed by atoms with Crippen molar-refractivity contribution in [2.24, 2.45) is 34.5 Å². The van der Waals surface area contributed by atoms with Crippen molar-refractivity contribution >= 4 is 22.7 Å². The van der Waals surface area contributed by atoms with Crippen molar-refractivity contribution in [3.63, 3.8) is 0 Å². The van der Waals surface area contributed by atoms with E-state index in [0.29, 0.717) is 29.5 Å². The summed E-state index contributed by atoms with van der Waals surface area (Å²) < 4.78 is 0. The van der Waals surface area contributed by atoms with Gasteiger partial charge in [-0.2, -0.15) is 0 Å². The second-order valence-corrected chi connectivity index (χ2v) is 13.7. The fourth-order valence-corrected chi connectivity index (χ4v) is 9.13. The van der Waals surface area contributed by atoms with Gasteiger partial charge in [-0.3, -0.25) is 9.59 Å². The predicted octanol–water partition coefficient (Wildman–Crippen LogP) is 7.12. The van der Waals surface area contributed by atoms with E-state index < -0.39 is 5.60 Å².